The van der Waals surface area contributed by atoms with Crippen LogP contribution in [0.4, 0.5) is 0 Å². The molecule has 0 aliphatic heterocycles. The van der Waals surface area contributed by atoms with Gasteiger partial charge < -0.3 is 23.5 Å². The van der Waals surface area contributed by atoms with E-state index >= 15 is 0 Å². The fourth-order valence-electron chi connectivity index (χ4n) is 0. The van der Waals surface area contributed by atoms with E-state index in [-0.39, 0.29) is 115 Å². The molecule has 0 aliphatic carbocycles. The summed E-state index contributed by atoms with van der Waals surface area (Å²) in [6, 6.07) is 0. The van der Waals surface area contributed by atoms with Crippen molar-refractivity contribution >= 4 is 18.3 Å². The van der Waals surface area contributed by atoms with Crippen molar-refractivity contribution in [3.63, 3.8) is 0 Å². The zero-order valence-corrected chi connectivity index (χ0v) is 15.7. The monoisotopic (exact) mass is 244 g/mol. The van der Waals surface area contributed by atoms with Crippen LogP contribution in [0.15, 0.2) is 0 Å². The van der Waals surface area contributed by atoms with E-state index in [0.717, 1.165) is 0 Å². The van der Waals surface area contributed by atoms with Gasteiger partial charge in [-0.25, -0.2) is 0 Å². The minimum Gasteiger partial charge on any atom is -1.00 e. The topological polar surface area (TPSA) is 115 Å². The number of hydrogen-bond acceptors (Lipinski definition) is 2. The molecule has 0 aromatic carbocycles. The van der Waals surface area contributed by atoms with Crippen LogP contribution >= 0.6 is 0 Å². The first-order chi connectivity index (χ1) is 3.46. The molecule has 0 atom stereocenters. The predicted molar refractivity (Wildman–Crippen MR) is 25.1 cm³/mol. The summed E-state index contributed by atoms with van der Waals surface area (Å²) in [5, 5.41) is 0. The zero-order chi connectivity index (χ0) is 7.15. The molecule has 4 N–H and O–H groups in total. The van der Waals surface area contributed by atoms with Gasteiger partial charge in [-0.3, -0.25) is 8.92 Å². The maximum Gasteiger partial charge on any atom is 1.00 e. The van der Waals surface area contributed by atoms with E-state index in [4.69, 9.17) is 28.1 Å². The molecule has 0 aliphatic rings. The maximum absolute atomic E-state index is 8.74. The Bertz CT molecular complexity index is 87.1. The fourth-order valence-corrected chi connectivity index (χ4v) is 0. The Labute approximate surface area is 158 Å². The third-order valence-corrected chi connectivity index (χ3v) is 0. The van der Waals surface area contributed by atoms with Crippen LogP contribution in [-0.4, -0.2) is 37.5 Å². The second-order valence-corrected chi connectivity index (χ2v) is 1.70. The maximum atomic E-state index is 8.74. The van der Waals surface area contributed by atoms with Crippen LogP contribution in [0.5, 0.6) is 0 Å². The number of rotatable bonds is 0. The van der Waals surface area contributed by atoms with Gasteiger partial charge in [0.25, 0.3) is 0 Å². The summed E-state index contributed by atoms with van der Waals surface area (Å²) >= 11 is 0. The molecule has 0 aromatic heterocycles. The van der Waals surface area contributed by atoms with E-state index < -0.39 is 18.3 Å². The van der Waals surface area contributed by atoms with Crippen LogP contribution in [0.2, 0.25) is 0 Å². The van der Waals surface area contributed by atoms with E-state index in [2.05, 4.69) is 0 Å². The second kappa shape index (κ2) is 23.0. The van der Waals surface area contributed by atoms with Gasteiger partial charge in [0.15, 0.2) is 0 Å². The minimum atomic E-state index is -3.13. The normalized spacial score (nSPS) is 4.36. The third-order valence-electron chi connectivity index (χ3n) is 0. The summed E-state index contributed by atoms with van der Waals surface area (Å²) in [6.07, 6.45) is 0. The predicted octanol–water partition coefficient (Wildman–Crippen LogP) is -11.9. The first-order valence-electron chi connectivity index (χ1n) is 1.30. The van der Waals surface area contributed by atoms with Gasteiger partial charge >= 0.3 is 129 Å². The smallest absolute Gasteiger partial charge is 1.00 e. The molecule has 0 unspecified atom stereocenters. The van der Waals surface area contributed by atoms with Gasteiger partial charge in [-0.2, -0.15) is 0 Å². The Kier molecular flexibility index (Phi) is 61.2. The van der Waals surface area contributed by atoms with E-state index in [1.807, 2.05) is 0 Å². The second-order valence-electron chi connectivity index (χ2n) is 0.565. The Balaban J connectivity index is -0.00000000600. The van der Waals surface area contributed by atoms with Crippen molar-refractivity contribution in [2.45, 2.75) is 0 Å². The van der Waals surface area contributed by atoms with Gasteiger partial charge in [0.05, 0.1) is 0 Å². The average Bonchev–Trinajstić information content (AvgIpc) is 1.25. The molecule has 11 heavy (non-hydrogen) atoms. The third kappa shape index (κ3) is 185. The van der Waals surface area contributed by atoms with E-state index in [0.29, 0.717) is 0 Å². The first-order valence-corrected chi connectivity index (χ1v) is 3.91. The van der Waals surface area contributed by atoms with Gasteiger partial charge in [0.1, 0.15) is 0 Å². The van der Waals surface area contributed by atoms with Crippen LogP contribution in [0.25, 0.3) is 0 Å². The molecule has 0 radical (unpaired) electrons. The van der Waals surface area contributed by atoms with Crippen molar-refractivity contribution in [2.75, 3.05) is 0 Å². The summed E-state index contributed by atoms with van der Waals surface area (Å²) < 4.78 is 17.5. The molecular weight excluding hydrogens is 237 g/mol. The van der Waals surface area contributed by atoms with E-state index in [1.165, 1.54) is 0 Å². The molecule has 0 aromatic rings. The van der Waals surface area contributed by atoms with Crippen molar-refractivity contribution in [1.82, 2.24) is 0 Å². The van der Waals surface area contributed by atoms with Gasteiger partial charge in [-0.1, -0.05) is 0 Å². The quantitative estimate of drug-likeness (QED) is 0.315. The largest absolute Gasteiger partial charge is 1.00 e. The summed E-state index contributed by atoms with van der Waals surface area (Å²) in [5.41, 5.74) is 0. The van der Waals surface area contributed by atoms with Crippen molar-refractivity contribution in [2.24, 2.45) is 0 Å². The zero-order valence-electron chi connectivity index (χ0n) is 9.61. The molecule has 0 amide bonds. The van der Waals surface area contributed by atoms with Crippen LogP contribution in [-0.2, 0) is 8.92 Å². The summed E-state index contributed by atoms with van der Waals surface area (Å²) in [5.74, 6) is 0. The van der Waals surface area contributed by atoms with Crippen molar-refractivity contribution in [3.8, 4) is 0 Å². The molecule has 6 nitrogen and oxygen atoms in total. The molecule has 0 saturated heterocycles. The van der Waals surface area contributed by atoms with Crippen molar-refractivity contribution in [1.29, 1.82) is 0 Å². The van der Waals surface area contributed by atoms with Crippen LogP contribution in [0.3, 0.4) is 0 Å². The van der Waals surface area contributed by atoms with Gasteiger partial charge in [-0.15, -0.1) is 0 Å². The van der Waals surface area contributed by atoms with Crippen LogP contribution < -0.4 is 110 Å². The Morgan fingerprint density at radius 2 is 0.818 bits per heavy atom. The summed E-state index contributed by atoms with van der Waals surface area (Å²) in [7, 11) is -6.26. The first kappa shape index (κ1) is 29.2. The van der Waals surface area contributed by atoms with Crippen molar-refractivity contribution < 1.29 is 143 Å². The molecule has 0 spiro atoms. The van der Waals surface area contributed by atoms with Gasteiger partial charge in [-0.05, 0) is 0 Å². The van der Waals surface area contributed by atoms with Crippen molar-refractivity contribution in [3.05, 3.63) is 0 Å². The number of hydrogen-bond donors (Lipinski definition) is 4. The standard InChI is InChI=1S/K.2Na.2H2O3Si.3H/c;;;2*1-4(2)3;;;/h;;;2*1-2H;;;/q3*+1;;;3*-1. The van der Waals surface area contributed by atoms with Crippen LogP contribution in [0, 0.1) is 0 Å². The SMILES string of the molecule is O=[Si](O)O.O=[Si](O)O.[H-].[H-].[H-].[K+].[Na+].[Na+]. The summed E-state index contributed by atoms with van der Waals surface area (Å²) in [6.45, 7) is 0. The van der Waals surface area contributed by atoms with E-state index in [1.54, 1.807) is 0 Å². The Morgan fingerprint density at radius 1 is 0.818 bits per heavy atom. The fraction of sp³-hybridized carbons (Fsp3) is 0. The molecule has 11 heteroatoms. The molecule has 0 rings (SSSR count). The molecule has 0 saturated carbocycles. The van der Waals surface area contributed by atoms with Gasteiger partial charge in [0.2, 0.25) is 0 Å². The minimum absolute atomic E-state index is 0. The van der Waals surface area contributed by atoms with Gasteiger partial charge in [0, 0.05) is 0 Å². The average molecular weight is 244 g/mol. The molecular formula is H7KNa2O6Si2. The Hall–Kier alpha value is 2.87. The molecule has 0 fully saturated rings. The molecule has 0 heterocycles. The van der Waals surface area contributed by atoms with Crippen LogP contribution in [0.1, 0.15) is 4.28 Å². The molecule has 0 bridgehead atoms. The van der Waals surface area contributed by atoms with E-state index in [9.17, 15) is 0 Å². The molecule has 54 valence electrons. The summed E-state index contributed by atoms with van der Waals surface area (Å²) in [4.78, 5) is 28.6. The Morgan fingerprint density at radius 3 is 0.818 bits per heavy atom.